The highest BCUT2D eigenvalue weighted by molar-refractivity contribution is 5.96. The molecule has 0 bridgehead atoms. The first-order valence-corrected chi connectivity index (χ1v) is 17.2. The maximum absolute atomic E-state index is 14.6. The summed E-state index contributed by atoms with van der Waals surface area (Å²) >= 11 is 0. The highest BCUT2D eigenvalue weighted by Crippen LogP contribution is 2.34. The Kier molecular flexibility index (Phi) is 13.1. The number of aromatic nitrogens is 8. The van der Waals surface area contributed by atoms with E-state index in [1.165, 1.54) is 12.1 Å². The van der Waals surface area contributed by atoms with Crippen LogP contribution in [0.25, 0.3) is 33.4 Å². The van der Waals surface area contributed by atoms with Gasteiger partial charge >= 0.3 is 0 Å². The van der Waals surface area contributed by atoms with E-state index in [-0.39, 0.29) is 13.1 Å². The third-order valence-electron chi connectivity index (χ3n) is 8.04. The number of allylic oxidation sites excluding steroid dienone is 3. The lowest BCUT2D eigenvalue weighted by Gasteiger charge is -2.21. The molecule has 4 heterocycles. The predicted octanol–water partition coefficient (Wildman–Crippen LogP) is 8.70. The van der Waals surface area contributed by atoms with Gasteiger partial charge in [-0.1, -0.05) is 65.1 Å². The minimum Gasteiger partial charge on any atom is -0.386 e. The molecule has 4 aromatic heterocycles. The molecule has 1 N–H and O–H groups in total. The molecule has 0 fully saturated rings. The second-order valence-corrected chi connectivity index (χ2v) is 11.2. The molecular formula is C39H48F2N12. The van der Waals surface area contributed by atoms with Crippen molar-refractivity contribution >= 4 is 62.1 Å². The summed E-state index contributed by atoms with van der Waals surface area (Å²) in [5.41, 5.74) is 4.18. The van der Waals surface area contributed by atoms with Gasteiger partial charge in [0.15, 0.2) is 0 Å². The Morgan fingerprint density at radius 2 is 1.32 bits per heavy atom. The van der Waals surface area contributed by atoms with Gasteiger partial charge in [0.2, 0.25) is 0 Å². The fourth-order valence-electron chi connectivity index (χ4n) is 5.51. The number of fused-ring (bicyclic) bond motifs is 6. The Morgan fingerprint density at radius 1 is 0.774 bits per heavy atom. The Morgan fingerprint density at radius 3 is 1.87 bits per heavy atom. The SMILES string of the molecule is C=C/C=C(\C=C)N(C)c1nc2nncn2c2cc(NC)c(F)cc12.CC.CC.CN(C)c1cc2c(cc1F)c(N(C)c1ccccc1)nc1nncn12.[HH]. The van der Waals surface area contributed by atoms with Gasteiger partial charge in [0.05, 0.1) is 22.4 Å². The molecule has 0 radical (unpaired) electrons. The average Bonchev–Trinajstić information content (AvgIpc) is 3.87. The molecule has 53 heavy (non-hydrogen) atoms. The van der Waals surface area contributed by atoms with E-state index in [0.717, 1.165) is 22.4 Å². The van der Waals surface area contributed by atoms with Gasteiger partial charge in [0.1, 0.15) is 35.9 Å². The number of hydrogen-bond acceptors (Lipinski definition) is 10. The molecule has 12 nitrogen and oxygen atoms in total. The van der Waals surface area contributed by atoms with Crippen LogP contribution in [-0.2, 0) is 0 Å². The lowest BCUT2D eigenvalue weighted by atomic mass is 10.1. The minimum absolute atomic E-state index is 0. The maximum Gasteiger partial charge on any atom is 0.257 e. The number of benzene rings is 3. The Hall–Kier alpha value is -6.44. The number of nitrogens with one attached hydrogen (secondary N) is 1. The van der Waals surface area contributed by atoms with Crippen LogP contribution in [0.1, 0.15) is 29.1 Å². The third-order valence-corrected chi connectivity index (χ3v) is 8.04. The van der Waals surface area contributed by atoms with Crippen molar-refractivity contribution in [2.24, 2.45) is 0 Å². The second kappa shape index (κ2) is 17.7. The number of hydrogen-bond donors (Lipinski definition) is 1. The molecule has 0 saturated heterocycles. The largest absolute Gasteiger partial charge is 0.386 e. The van der Waals surface area contributed by atoms with E-state index in [2.05, 4.69) is 48.8 Å². The van der Waals surface area contributed by atoms with Crippen LogP contribution in [0.15, 0.2) is 104 Å². The summed E-state index contributed by atoms with van der Waals surface area (Å²) in [5, 5.41) is 20.1. The molecule has 14 heteroatoms. The van der Waals surface area contributed by atoms with E-state index < -0.39 is 0 Å². The molecule has 0 unspecified atom stereocenters. The van der Waals surface area contributed by atoms with Crippen LogP contribution in [0.4, 0.5) is 37.5 Å². The van der Waals surface area contributed by atoms with Gasteiger partial charge < -0.3 is 20.0 Å². The van der Waals surface area contributed by atoms with Gasteiger partial charge in [-0.2, -0.15) is 9.97 Å². The molecule has 0 spiro atoms. The topological polar surface area (TPSA) is 108 Å². The summed E-state index contributed by atoms with van der Waals surface area (Å²) in [4.78, 5) is 14.6. The number of halogens is 2. The quantitative estimate of drug-likeness (QED) is 0.153. The van der Waals surface area contributed by atoms with Gasteiger partial charge in [-0.15, -0.1) is 20.4 Å². The predicted molar refractivity (Wildman–Crippen MR) is 217 cm³/mol. The van der Waals surface area contributed by atoms with E-state index in [9.17, 15) is 8.78 Å². The number of para-hydroxylation sites is 1. The lowest BCUT2D eigenvalue weighted by Crippen LogP contribution is -2.17. The van der Waals surface area contributed by atoms with Crippen molar-refractivity contribution in [1.82, 2.24) is 39.2 Å². The number of rotatable bonds is 8. The Bertz CT molecular complexity index is 2370. The van der Waals surface area contributed by atoms with E-state index in [1.807, 2.05) is 96.0 Å². The van der Waals surface area contributed by atoms with E-state index in [4.69, 9.17) is 0 Å². The van der Waals surface area contributed by atoms with Crippen molar-refractivity contribution in [3.63, 3.8) is 0 Å². The standard InChI is InChI=1S/C18H17FN6.C17H17FN6.2C2H6.H2/c1-23(2)16-10-15-13(9-14(16)19)17(21-18-22-20-11-25(15)18)24(3)12-7-5-4-6-8-12;1-5-7-11(6-2)23(4)16-12-8-13(18)14(19-3)9-15(12)24-10-20-22-17(24)21-16;2*1-2;/h4-11H,1-3H3;5-10,19H,1-2H2,3-4H3;2*1-2H3;1H/b;11-7+;;;. The van der Waals surface area contributed by atoms with E-state index in [0.29, 0.717) is 45.3 Å². The van der Waals surface area contributed by atoms with Gasteiger partial charge in [-0.05, 0) is 48.6 Å². The normalized spacial score (nSPS) is 10.8. The van der Waals surface area contributed by atoms with Gasteiger partial charge in [0.25, 0.3) is 11.6 Å². The molecule has 0 aliphatic heterocycles. The summed E-state index contributed by atoms with van der Waals surface area (Å²) in [7, 11) is 9.03. The first kappa shape index (κ1) is 39.3. The zero-order chi connectivity index (χ0) is 38.8. The van der Waals surface area contributed by atoms with Crippen molar-refractivity contribution in [3.8, 4) is 0 Å². The first-order valence-electron chi connectivity index (χ1n) is 17.2. The van der Waals surface area contributed by atoms with Gasteiger partial charge in [0, 0.05) is 58.8 Å². The zero-order valence-electron chi connectivity index (χ0n) is 31.7. The Balaban J connectivity index is 0.000000262. The molecule has 7 aromatic rings. The average molecular weight is 723 g/mol. The molecule has 0 aliphatic carbocycles. The van der Waals surface area contributed by atoms with Gasteiger partial charge in [-0.3, -0.25) is 8.80 Å². The second-order valence-electron chi connectivity index (χ2n) is 11.2. The molecule has 278 valence electrons. The van der Waals surface area contributed by atoms with Crippen molar-refractivity contribution in [1.29, 1.82) is 0 Å². The summed E-state index contributed by atoms with van der Waals surface area (Å²) in [6.45, 7) is 15.5. The van der Waals surface area contributed by atoms with Crippen LogP contribution in [-0.4, -0.2) is 74.4 Å². The van der Waals surface area contributed by atoms with Crippen molar-refractivity contribution in [2.45, 2.75) is 27.7 Å². The van der Waals surface area contributed by atoms with Crippen LogP contribution in [0.2, 0.25) is 0 Å². The van der Waals surface area contributed by atoms with Crippen molar-refractivity contribution in [2.75, 3.05) is 55.3 Å². The van der Waals surface area contributed by atoms with Crippen molar-refractivity contribution in [3.05, 3.63) is 116 Å². The smallest absolute Gasteiger partial charge is 0.257 e. The summed E-state index contributed by atoms with van der Waals surface area (Å²) < 4.78 is 32.4. The Labute approximate surface area is 309 Å². The highest BCUT2D eigenvalue weighted by Gasteiger charge is 2.19. The molecular weight excluding hydrogens is 675 g/mol. The van der Waals surface area contributed by atoms with E-state index in [1.54, 1.807) is 63.8 Å². The van der Waals surface area contributed by atoms with Crippen molar-refractivity contribution < 1.29 is 10.2 Å². The zero-order valence-corrected chi connectivity index (χ0v) is 31.7. The number of nitrogens with zero attached hydrogens (tertiary/aromatic N) is 11. The summed E-state index contributed by atoms with van der Waals surface area (Å²) in [6, 6.07) is 16.3. The highest BCUT2D eigenvalue weighted by atomic mass is 19.1. The molecule has 0 saturated carbocycles. The molecule has 0 aliphatic rings. The molecule has 3 aromatic carbocycles. The van der Waals surface area contributed by atoms with Crippen LogP contribution in [0.5, 0.6) is 0 Å². The summed E-state index contributed by atoms with van der Waals surface area (Å²) in [6.07, 6.45) is 8.29. The van der Waals surface area contributed by atoms with E-state index >= 15 is 0 Å². The van der Waals surface area contributed by atoms with Crippen LogP contribution < -0.4 is 20.0 Å². The number of anilines is 5. The van der Waals surface area contributed by atoms with Gasteiger partial charge in [-0.25, -0.2) is 8.78 Å². The van der Waals surface area contributed by atoms with Crippen LogP contribution in [0.3, 0.4) is 0 Å². The molecule has 0 atom stereocenters. The monoisotopic (exact) mass is 722 g/mol. The molecule has 7 rings (SSSR count). The minimum atomic E-state index is -0.360. The first-order chi connectivity index (χ1) is 25.7. The molecule has 0 amide bonds. The number of likely N-dealkylation sites (N-methyl/N-ethyl adjacent to an activating group) is 1. The maximum atomic E-state index is 14.6. The lowest BCUT2D eigenvalue weighted by molar-refractivity contribution is 0.628. The fourth-order valence-corrected chi connectivity index (χ4v) is 5.51. The van der Waals surface area contributed by atoms with Crippen LogP contribution >= 0.6 is 0 Å². The van der Waals surface area contributed by atoms with Crippen LogP contribution in [0, 0.1) is 11.6 Å². The third kappa shape index (κ3) is 7.91. The fraction of sp³-hybridized carbons (Fsp3) is 0.231. The summed E-state index contributed by atoms with van der Waals surface area (Å²) in [5.74, 6) is 1.43.